The second kappa shape index (κ2) is 7.74. The topological polar surface area (TPSA) is 116 Å². The predicted molar refractivity (Wildman–Crippen MR) is 83.4 cm³/mol. The first-order valence-electron chi connectivity index (χ1n) is 8.71. The van der Waals surface area contributed by atoms with E-state index >= 15 is 0 Å². The Kier molecular flexibility index (Phi) is 5.18. The SMILES string of the molecule is O=C1OCC(CN2CN(CC3COC(=O)O3)CN(CC3COC(=O)O3)C2)O1. The van der Waals surface area contributed by atoms with E-state index < -0.39 is 18.5 Å². The van der Waals surface area contributed by atoms with E-state index in [4.69, 9.17) is 28.4 Å². The van der Waals surface area contributed by atoms with Crippen LogP contribution in [0.25, 0.3) is 0 Å². The van der Waals surface area contributed by atoms with Gasteiger partial charge in [0.2, 0.25) is 0 Å². The summed E-state index contributed by atoms with van der Waals surface area (Å²) in [6.07, 6.45) is -2.97. The molecule has 4 aliphatic heterocycles. The van der Waals surface area contributed by atoms with E-state index in [9.17, 15) is 14.4 Å². The standard InChI is InChI=1S/C15H21N3O9/c19-13-22-4-10(25-13)1-16-7-17(2-11-5-23-14(20)26-11)9-18(8-16)3-12-6-24-15(21)27-12/h10-12H,1-9H2. The third kappa shape index (κ3) is 4.70. The first-order valence-corrected chi connectivity index (χ1v) is 8.71. The van der Waals surface area contributed by atoms with Gasteiger partial charge in [0.05, 0.1) is 20.0 Å². The molecule has 0 amide bonds. The molecule has 0 radical (unpaired) electrons. The zero-order chi connectivity index (χ0) is 18.8. The molecule has 0 aromatic rings. The van der Waals surface area contributed by atoms with Crippen LogP contribution in [0.4, 0.5) is 14.4 Å². The average molecular weight is 387 g/mol. The van der Waals surface area contributed by atoms with Gasteiger partial charge in [-0.3, -0.25) is 14.7 Å². The zero-order valence-electron chi connectivity index (χ0n) is 14.6. The average Bonchev–Trinajstić information content (AvgIpc) is 3.31. The molecule has 0 aliphatic carbocycles. The van der Waals surface area contributed by atoms with Crippen LogP contribution in [0.15, 0.2) is 0 Å². The molecule has 27 heavy (non-hydrogen) atoms. The van der Waals surface area contributed by atoms with Crippen LogP contribution in [-0.2, 0) is 28.4 Å². The van der Waals surface area contributed by atoms with Gasteiger partial charge >= 0.3 is 18.5 Å². The summed E-state index contributed by atoms with van der Waals surface area (Å²) in [5.74, 6) is 0. The molecule has 12 nitrogen and oxygen atoms in total. The highest BCUT2D eigenvalue weighted by atomic mass is 16.8. The van der Waals surface area contributed by atoms with Crippen molar-refractivity contribution in [2.45, 2.75) is 18.3 Å². The Morgan fingerprint density at radius 2 is 0.889 bits per heavy atom. The molecule has 12 heteroatoms. The Labute approximate surface area is 154 Å². The van der Waals surface area contributed by atoms with E-state index in [0.717, 1.165) is 0 Å². The maximum absolute atomic E-state index is 11.1. The number of hydrogen-bond acceptors (Lipinski definition) is 12. The van der Waals surface area contributed by atoms with Gasteiger partial charge in [-0.15, -0.1) is 0 Å². The maximum atomic E-state index is 11.1. The lowest BCUT2D eigenvalue weighted by atomic mass is 10.3. The third-order valence-electron chi connectivity index (χ3n) is 4.54. The van der Waals surface area contributed by atoms with Gasteiger partial charge in [-0.05, 0) is 0 Å². The number of hydrogen-bond donors (Lipinski definition) is 0. The van der Waals surface area contributed by atoms with Crippen LogP contribution in [0, 0.1) is 0 Å². The lowest BCUT2D eigenvalue weighted by Crippen LogP contribution is -2.59. The van der Waals surface area contributed by atoms with Crippen LogP contribution in [0.2, 0.25) is 0 Å². The third-order valence-corrected chi connectivity index (χ3v) is 4.54. The van der Waals surface area contributed by atoms with Crippen molar-refractivity contribution in [2.75, 3.05) is 59.5 Å². The summed E-state index contributed by atoms with van der Waals surface area (Å²) in [6, 6.07) is 0. The number of carbonyl (C=O) groups excluding carboxylic acids is 3. The molecular formula is C15H21N3O9. The second-order valence-corrected chi connectivity index (χ2v) is 6.89. The van der Waals surface area contributed by atoms with Crippen molar-refractivity contribution in [3.05, 3.63) is 0 Å². The smallest absolute Gasteiger partial charge is 0.430 e. The number of cyclic esters (lactones) is 6. The molecule has 3 unspecified atom stereocenters. The molecule has 0 N–H and O–H groups in total. The van der Waals surface area contributed by atoms with Crippen molar-refractivity contribution in [3.8, 4) is 0 Å². The Hall–Kier alpha value is -2.31. The van der Waals surface area contributed by atoms with Gasteiger partial charge in [0.15, 0.2) is 18.3 Å². The van der Waals surface area contributed by atoms with Gasteiger partial charge in [0.25, 0.3) is 0 Å². The second-order valence-electron chi connectivity index (χ2n) is 6.89. The minimum atomic E-state index is -0.657. The van der Waals surface area contributed by atoms with Gasteiger partial charge in [-0.25, -0.2) is 14.4 Å². The van der Waals surface area contributed by atoms with E-state index in [1.165, 1.54) is 0 Å². The molecule has 4 heterocycles. The van der Waals surface area contributed by atoms with Crippen LogP contribution in [-0.4, -0.2) is 111 Å². The summed E-state index contributed by atoms with van der Waals surface area (Å²) in [5, 5.41) is 0. The normalized spacial score (nSPS) is 32.4. The van der Waals surface area contributed by atoms with Crippen molar-refractivity contribution in [1.82, 2.24) is 14.7 Å². The van der Waals surface area contributed by atoms with Crippen LogP contribution in [0.5, 0.6) is 0 Å². The fourth-order valence-electron chi connectivity index (χ4n) is 3.56. The molecular weight excluding hydrogens is 366 g/mol. The minimum Gasteiger partial charge on any atom is -0.430 e. The molecule has 3 atom stereocenters. The number of ether oxygens (including phenoxy) is 6. The number of carbonyl (C=O) groups is 3. The van der Waals surface area contributed by atoms with E-state index in [1.54, 1.807) is 0 Å². The van der Waals surface area contributed by atoms with Crippen LogP contribution in [0.3, 0.4) is 0 Å². The van der Waals surface area contributed by atoms with Gasteiger partial charge < -0.3 is 28.4 Å². The highest BCUT2D eigenvalue weighted by Crippen LogP contribution is 2.17. The Bertz CT molecular complexity index is 516. The first-order chi connectivity index (χ1) is 13.0. The monoisotopic (exact) mass is 387 g/mol. The Morgan fingerprint density at radius 1 is 0.593 bits per heavy atom. The van der Waals surface area contributed by atoms with E-state index in [-0.39, 0.29) is 38.1 Å². The van der Waals surface area contributed by atoms with Crippen molar-refractivity contribution in [1.29, 1.82) is 0 Å². The predicted octanol–water partition coefficient (Wildman–Crippen LogP) is -0.615. The van der Waals surface area contributed by atoms with Gasteiger partial charge in [-0.2, -0.15) is 0 Å². The highest BCUT2D eigenvalue weighted by molar-refractivity contribution is 5.62. The lowest BCUT2D eigenvalue weighted by molar-refractivity contribution is -0.0642. The molecule has 0 aromatic heterocycles. The number of nitrogens with zero attached hydrogens (tertiary/aromatic N) is 3. The summed E-state index contributed by atoms with van der Waals surface area (Å²) in [7, 11) is 0. The van der Waals surface area contributed by atoms with E-state index in [2.05, 4.69) is 14.7 Å². The van der Waals surface area contributed by atoms with Crippen molar-refractivity contribution >= 4 is 18.5 Å². The molecule has 4 fully saturated rings. The van der Waals surface area contributed by atoms with Crippen molar-refractivity contribution in [3.63, 3.8) is 0 Å². The fourth-order valence-corrected chi connectivity index (χ4v) is 3.56. The first kappa shape index (κ1) is 18.1. The van der Waals surface area contributed by atoms with Crippen molar-refractivity contribution < 1.29 is 42.8 Å². The van der Waals surface area contributed by atoms with E-state index in [1.807, 2.05) is 0 Å². The highest BCUT2D eigenvalue weighted by Gasteiger charge is 2.35. The summed E-state index contributed by atoms with van der Waals surface area (Å²) >= 11 is 0. The Morgan fingerprint density at radius 3 is 1.11 bits per heavy atom. The molecule has 4 aliphatic rings. The molecule has 150 valence electrons. The molecule has 0 bridgehead atoms. The molecule has 0 spiro atoms. The zero-order valence-corrected chi connectivity index (χ0v) is 14.6. The summed E-state index contributed by atoms with van der Waals surface area (Å²) in [5.41, 5.74) is 0. The molecule has 4 saturated heterocycles. The minimum absolute atomic E-state index is 0.220. The summed E-state index contributed by atoms with van der Waals surface area (Å²) < 4.78 is 29.8. The quantitative estimate of drug-likeness (QED) is 0.427. The van der Waals surface area contributed by atoms with E-state index in [0.29, 0.717) is 39.6 Å². The molecule has 0 saturated carbocycles. The van der Waals surface area contributed by atoms with Crippen LogP contribution in [0.1, 0.15) is 0 Å². The van der Waals surface area contributed by atoms with Gasteiger partial charge in [0.1, 0.15) is 19.8 Å². The van der Waals surface area contributed by atoms with Gasteiger partial charge in [0, 0.05) is 19.6 Å². The molecule has 0 aromatic carbocycles. The largest absolute Gasteiger partial charge is 0.508 e. The fraction of sp³-hybridized carbons (Fsp3) is 0.800. The molecule has 4 rings (SSSR count). The van der Waals surface area contributed by atoms with Crippen LogP contribution >= 0.6 is 0 Å². The summed E-state index contributed by atoms with van der Waals surface area (Å²) in [4.78, 5) is 39.7. The van der Waals surface area contributed by atoms with Crippen LogP contribution < -0.4 is 0 Å². The number of rotatable bonds is 6. The Balaban J connectivity index is 1.35. The van der Waals surface area contributed by atoms with Crippen molar-refractivity contribution in [2.24, 2.45) is 0 Å². The van der Waals surface area contributed by atoms with Gasteiger partial charge in [-0.1, -0.05) is 0 Å². The summed E-state index contributed by atoms with van der Waals surface area (Å²) in [6.45, 7) is 3.95. The lowest BCUT2D eigenvalue weighted by Gasteiger charge is -2.43. The maximum Gasteiger partial charge on any atom is 0.508 e.